The maximum Gasteiger partial charge on any atom is 0.573 e. The van der Waals surface area contributed by atoms with Gasteiger partial charge in [-0.25, -0.2) is 9.37 Å². The van der Waals surface area contributed by atoms with Crippen LogP contribution in [0.1, 0.15) is 9.67 Å². The third kappa shape index (κ3) is 5.91. The standard InChI is InChI=1S/C21H11F4N3O5S2/c22-12-7-5-11(6-8-12)17-19(32-13-3-1-2-4-14(13)33-21(23,24)25)35-20(26-17)27-18(29)15-9-10-16(34-15)28(30)31/h1-10H,(H,26,27,29). The molecule has 4 aromatic rings. The molecule has 1 amide bonds. The molecular weight excluding hydrogens is 514 g/mol. The Kier molecular flexibility index (Phi) is 6.66. The number of nitro groups is 1. The number of ether oxygens (including phenoxy) is 2. The highest BCUT2D eigenvalue weighted by atomic mass is 32.1. The molecule has 4 rings (SSSR count). The summed E-state index contributed by atoms with van der Waals surface area (Å²) in [6.45, 7) is 0. The number of thiazole rings is 1. The highest BCUT2D eigenvalue weighted by Crippen LogP contribution is 2.43. The lowest BCUT2D eigenvalue weighted by Gasteiger charge is -2.13. The van der Waals surface area contributed by atoms with E-state index in [9.17, 15) is 32.5 Å². The Morgan fingerprint density at radius 2 is 1.69 bits per heavy atom. The molecule has 8 nitrogen and oxygen atoms in total. The minimum absolute atomic E-state index is 0.00500. The zero-order valence-electron chi connectivity index (χ0n) is 17.0. The first-order valence-corrected chi connectivity index (χ1v) is 11.1. The molecule has 0 aliphatic rings. The Morgan fingerprint density at radius 1 is 1.00 bits per heavy atom. The van der Waals surface area contributed by atoms with Gasteiger partial charge in [-0.15, -0.1) is 13.2 Å². The van der Waals surface area contributed by atoms with Crippen molar-refractivity contribution in [1.29, 1.82) is 0 Å². The number of benzene rings is 2. The minimum atomic E-state index is -4.96. The van der Waals surface area contributed by atoms with Gasteiger partial charge >= 0.3 is 11.4 Å². The Bertz CT molecular complexity index is 1390. The molecule has 1 N–H and O–H groups in total. The molecule has 0 fully saturated rings. The Balaban J connectivity index is 1.68. The molecule has 35 heavy (non-hydrogen) atoms. The van der Waals surface area contributed by atoms with E-state index in [4.69, 9.17) is 4.74 Å². The lowest BCUT2D eigenvalue weighted by atomic mass is 10.2. The van der Waals surface area contributed by atoms with Gasteiger partial charge in [-0.1, -0.05) is 34.8 Å². The number of alkyl halides is 3. The third-order valence-electron chi connectivity index (χ3n) is 4.21. The summed E-state index contributed by atoms with van der Waals surface area (Å²) in [6.07, 6.45) is -4.96. The fourth-order valence-corrected chi connectivity index (χ4v) is 4.33. The number of carbonyl (C=O) groups excluding carboxylic acids is 1. The first kappa shape index (κ1) is 24.1. The Hall–Kier alpha value is -4.04. The minimum Gasteiger partial charge on any atom is -0.440 e. The van der Waals surface area contributed by atoms with Crippen LogP contribution < -0.4 is 14.8 Å². The van der Waals surface area contributed by atoms with Crippen molar-refractivity contribution in [3.63, 3.8) is 0 Å². The number of hydrogen-bond acceptors (Lipinski definition) is 8. The second-order valence-corrected chi connectivity index (χ2v) is 8.63. The van der Waals surface area contributed by atoms with Crippen LogP contribution in [0.4, 0.5) is 27.7 Å². The number of halogens is 4. The number of thiophene rings is 1. The number of amides is 1. The van der Waals surface area contributed by atoms with Crippen molar-refractivity contribution in [3.8, 4) is 27.8 Å². The number of carbonyl (C=O) groups is 1. The van der Waals surface area contributed by atoms with Gasteiger partial charge in [0.15, 0.2) is 16.6 Å². The molecule has 0 aliphatic carbocycles. The van der Waals surface area contributed by atoms with E-state index in [1.165, 1.54) is 42.5 Å². The van der Waals surface area contributed by atoms with E-state index in [0.717, 1.165) is 29.5 Å². The lowest BCUT2D eigenvalue weighted by Crippen LogP contribution is -2.17. The number of nitrogens with zero attached hydrogens (tertiary/aromatic N) is 2. The molecular formula is C21H11F4N3O5S2. The molecule has 0 radical (unpaired) electrons. The molecule has 180 valence electrons. The van der Waals surface area contributed by atoms with Crippen molar-refractivity contribution in [2.75, 3.05) is 5.32 Å². The average molecular weight is 525 g/mol. The first-order chi connectivity index (χ1) is 16.6. The van der Waals surface area contributed by atoms with E-state index >= 15 is 0 Å². The maximum absolute atomic E-state index is 13.4. The van der Waals surface area contributed by atoms with Crippen molar-refractivity contribution in [1.82, 2.24) is 4.98 Å². The van der Waals surface area contributed by atoms with Gasteiger partial charge in [0, 0.05) is 11.6 Å². The molecule has 0 atom stereocenters. The highest BCUT2D eigenvalue weighted by Gasteiger charge is 2.32. The molecule has 0 bridgehead atoms. The zero-order chi connectivity index (χ0) is 25.2. The predicted molar refractivity (Wildman–Crippen MR) is 120 cm³/mol. The monoisotopic (exact) mass is 525 g/mol. The number of rotatable bonds is 7. The van der Waals surface area contributed by atoms with E-state index in [-0.39, 0.29) is 31.5 Å². The number of anilines is 1. The topological polar surface area (TPSA) is 104 Å². The lowest BCUT2D eigenvalue weighted by molar-refractivity contribution is -0.380. The van der Waals surface area contributed by atoms with Crippen LogP contribution >= 0.6 is 22.7 Å². The predicted octanol–water partition coefficient (Wildman–Crippen LogP) is 6.86. The smallest absolute Gasteiger partial charge is 0.440 e. The molecule has 2 aromatic carbocycles. The second kappa shape index (κ2) is 9.68. The van der Waals surface area contributed by atoms with E-state index in [2.05, 4.69) is 15.0 Å². The SMILES string of the molecule is O=C(Nc1nc(-c2ccc(F)cc2)c(Oc2ccccc2OC(F)(F)F)s1)c1ccc([N+](=O)[O-])s1. The summed E-state index contributed by atoms with van der Waals surface area (Å²) in [5.41, 5.74) is 0.475. The average Bonchev–Trinajstić information content (AvgIpc) is 3.43. The van der Waals surface area contributed by atoms with Gasteiger partial charge < -0.3 is 9.47 Å². The van der Waals surface area contributed by atoms with Crippen molar-refractivity contribution < 1.29 is 36.8 Å². The molecule has 0 saturated heterocycles. The largest absolute Gasteiger partial charge is 0.573 e. The Labute approximate surface area is 201 Å². The summed E-state index contributed by atoms with van der Waals surface area (Å²) in [6, 6.07) is 12.6. The van der Waals surface area contributed by atoms with Crippen LogP contribution in [0.25, 0.3) is 11.3 Å². The summed E-state index contributed by atoms with van der Waals surface area (Å²) in [5.74, 6) is -2.09. The van der Waals surface area contributed by atoms with E-state index < -0.39 is 28.8 Å². The number of aromatic nitrogens is 1. The van der Waals surface area contributed by atoms with Gasteiger partial charge in [-0.2, -0.15) is 0 Å². The summed E-state index contributed by atoms with van der Waals surface area (Å²) < 4.78 is 61.5. The van der Waals surface area contributed by atoms with Crippen LogP contribution in [0.3, 0.4) is 0 Å². The molecule has 2 aromatic heterocycles. The molecule has 0 aliphatic heterocycles. The third-order valence-corrected chi connectivity index (χ3v) is 6.09. The maximum atomic E-state index is 13.4. The molecule has 0 saturated carbocycles. The summed E-state index contributed by atoms with van der Waals surface area (Å²) in [5, 5.41) is 13.1. The second-order valence-electron chi connectivity index (χ2n) is 6.61. The van der Waals surface area contributed by atoms with Crippen LogP contribution in [0.2, 0.25) is 0 Å². The summed E-state index contributed by atoms with van der Waals surface area (Å²) in [4.78, 5) is 27.1. The normalized spacial score (nSPS) is 11.2. The summed E-state index contributed by atoms with van der Waals surface area (Å²) in [7, 11) is 0. The van der Waals surface area contributed by atoms with Gasteiger partial charge in [0.05, 0.1) is 9.80 Å². The van der Waals surface area contributed by atoms with Crippen LogP contribution in [0.15, 0.2) is 60.7 Å². The van der Waals surface area contributed by atoms with Crippen LogP contribution in [0, 0.1) is 15.9 Å². The van der Waals surface area contributed by atoms with Crippen molar-refractivity contribution in [3.05, 3.63) is 81.5 Å². The van der Waals surface area contributed by atoms with Gasteiger partial charge in [0.25, 0.3) is 5.91 Å². The van der Waals surface area contributed by atoms with E-state index in [1.54, 1.807) is 0 Å². The van der Waals surface area contributed by atoms with Gasteiger partial charge in [-0.05, 0) is 42.5 Å². The van der Waals surface area contributed by atoms with Crippen molar-refractivity contribution in [2.45, 2.75) is 6.36 Å². The zero-order valence-corrected chi connectivity index (χ0v) is 18.7. The van der Waals surface area contributed by atoms with Crippen LogP contribution in [-0.4, -0.2) is 22.2 Å². The molecule has 14 heteroatoms. The number of nitrogens with one attached hydrogen (secondary N) is 1. The molecule has 0 spiro atoms. The van der Waals surface area contributed by atoms with E-state index in [0.29, 0.717) is 16.9 Å². The van der Waals surface area contributed by atoms with Gasteiger partial charge in [0.2, 0.25) is 5.06 Å². The summed E-state index contributed by atoms with van der Waals surface area (Å²) >= 11 is 1.45. The van der Waals surface area contributed by atoms with Crippen molar-refractivity contribution in [2.24, 2.45) is 0 Å². The van der Waals surface area contributed by atoms with Crippen LogP contribution in [0.5, 0.6) is 16.6 Å². The molecule has 2 heterocycles. The highest BCUT2D eigenvalue weighted by molar-refractivity contribution is 7.19. The van der Waals surface area contributed by atoms with Gasteiger partial charge in [-0.3, -0.25) is 20.2 Å². The number of hydrogen-bond donors (Lipinski definition) is 1. The Morgan fingerprint density at radius 3 is 2.31 bits per heavy atom. The number of para-hydroxylation sites is 2. The fourth-order valence-electron chi connectivity index (χ4n) is 2.77. The molecule has 0 unspecified atom stereocenters. The fraction of sp³-hybridized carbons (Fsp3) is 0.0476. The first-order valence-electron chi connectivity index (χ1n) is 9.44. The quantitative estimate of drug-likeness (QED) is 0.161. The van der Waals surface area contributed by atoms with Crippen LogP contribution in [-0.2, 0) is 0 Å². The van der Waals surface area contributed by atoms with Gasteiger partial charge in [0.1, 0.15) is 11.5 Å². The van der Waals surface area contributed by atoms with E-state index in [1.807, 2.05) is 0 Å². The van der Waals surface area contributed by atoms with Crippen molar-refractivity contribution >= 4 is 38.7 Å².